The average molecular weight is 267 g/mol. The van der Waals surface area contributed by atoms with Crippen LogP contribution in [-0.4, -0.2) is 23.9 Å². The van der Waals surface area contributed by atoms with Gasteiger partial charge in [-0.05, 0) is 39.0 Å². The maximum absolute atomic E-state index is 13.5. The molecule has 0 radical (unpaired) electrons. The molecule has 1 rings (SSSR count). The minimum atomic E-state index is -0.677. The molecular weight excluding hydrogens is 249 g/mol. The number of rotatable bonds is 4. The van der Waals surface area contributed by atoms with Gasteiger partial charge in [0.15, 0.2) is 0 Å². The van der Waals surface area contributed by atoms with E-state index in [9.17, 15) is 14.0 Å². The Labute approximate surface area is 111 Å². The summed E-state index contributed by atoms with van der Waals surface area (Å²) < 4.78 is 13.5. The van der Waals surface area contributed by atoms with Crippen molar-refractivity contribution < 1.29 is 14.0 Å². The maximum atomic E-state index is 13.5. The SMILES string of the molecule is CC(C)(C)NCC(=O)Nc1cc(C(N)=O)ccc1F. The van der Waals surface area contributed by atoms with Crippen LogP contribution in [0.3, 0.4) is 0 Å². The van der Waals surface area contributed by atoms with E-state index in [1.807, 2.05) is 20.8 Å². The molecule has 0 aliphatic carbocycles. The lowest BCUT2D eigenvalue weighted by atomic mass is 10.1. The highest BCUT2D eigenvalue weighted by atomic mass is 19.1. The van der Waals surface area contributed by atoms with Gasteiger partial charge in [0.1, 0.15) is 5.82 Å². The molecule has 1 aromatic rings. The number of amides is 2. The van der Waals surface area contributed by atoms with E-state index < -0.39 is 17.6 Å². The Bertz CT molecular complexity index is 495. The lowest BCUT2D eigenvalue weighted by molar-refractivity contribution is -0.115. The molecule has 0 aliphatic rings. The number of halogens is 1. The van der Waals surface area contributed by atoms with Crippen LogP contribution >= 0.6 is 0 Å². The number of hydrogen-bond acceptors (Lipinski definition) is 3. The summed E-state index contributed by atoms with van der Waals surface area (Å²) in [5.41, 5.74) is 4.96. The Morgan fingerprint density at radius 1 is 1.32 bits per heavy atom. The maximum Gasteiger partial charge on any atom is 0.248 e. The summed E-state index contributed by atoms with van der Waals surface area (Å²) in [7, 11) is 0. The van der Waals surface area contributed by atoms with Gasteiger partial charge in [-0.15, -0.1) is 0 Å². The van der Waals surface area contributed by atoms with E-state index in [1.54, 1.807) is 0 Å². The molecule has 4 N–H and O–H groups in total. The topological polar surface area (TPSA) is 84.2 Å². The summed E-state index contributed by atoms with van der Waals surface area (Å²) in [6.45, 7) is 5.78. The summed E-state index contributed by atoms with van der Waals surface area (Å²) in [4.78, 5) is 22.6. The van der Waals surface area contributed by atoms with E-state index in [-0.39, 0.29) is 23.3 Å². The zero-order valence-corrected chi connectivity index (χ0v) is 11.2. The second-order valence-electron chi connectivity index (χ2n) is 5.21. The van der Waals surface area contributed by atoms with E-state index in [4.69, 9.17) is 5.73 Å². The summed E-state index contributed by atoms with van der Waals surface area (Å²) in [6, 6.07) is 3.57. The number of carbonyl (C=O) groups excluding carboxylic acids is 2. The third-order valence-electron chi connectivity index (χ3n) is 2.30. The average Bonchev–Trinajstić information content (AvgIpc) is 2.28. The fourth-order valence-electron chi connectivity index (χ4n) is 1.31. The standard InChI is InChI=1S/C13H18FN3O2/c1-13(2,3)16-7-11(18)17-10-6-8(12(15)19)4-5-9(10)14/h4-6,16H,7H2,1-3H3,(H2,15,19)(H,17,18). The number of carbonyl (C=O) groups is 2. The van der Waals surface area contributed by atoms with Crippen LogP contribution < -0.4 is 16.4 Å². The minimum Gasteiger partial charge on any atom is -0.366 e. The Hall–Kier alpha value is -1.95. The van der Waals surface area contributed by atoms with Crippen molar-refractivity contribution >= 4 is 17.5 Å². The van der Waals surface area contributed by atoms with Crippen molar-refractivity contribution in [3.63, 3.8) is 0 Å². The molecule has 2 amide bonds. The highest BCUT2D eigenvalue weighted by molar-refractivity contribution is 5.96. The van der Waals surface area contributed by atoms with E-state index in [2.05, 4.69) is 10.6 Å². The first-order valence-corrected chi connectivity index (χ1v) is 5.83. The Kier molecular flexibility index (Phi) is 4.61. The molecule has 0 aromatic heterocycles. The fourth-order valence-corrected chi connectivity index (χ4v) is 1.31. The Morgan fingerprint density at radius 2 is 1.95 bits per heavy atom. The van der Waals surface area contributed by atoms with E-state index >= 15 is 0 Å². The van der Waals surface area contributed by atoms with E-state index in [1.165, 1.54) is 12.1 Å². The molecule has 19 heavy (non-hydrogen) atoms. The van der Waals surface area contributed by atoms with Crippen LogP contribution in [0.1, 0.15) is 31.1 Å². The zero-order chi connectivity index (χ0) is 14.6. The van der Waals surface area contributed by atoms with Crippen LogP contribution in [0.4, 0.5) is 10.1 Å². The summed E-state index contributed by atoms with van der Waals surface area (Å²) in [6.07, 6.45) is 0. The lowest BCUT2D eigenvalue weighted by Gasteiger charge is -2.20. The van der Waals surface area contributed by atoms with Gasteiger partial charge < -0.3 is 16.4 Å². The molecule has 0 bridgehead atoms. The molecule has 0 spiro atoms. The Morgan fingerprint density at radius 3 is 2.47 bits per heavy atom. The second-order valence-corrected chi connectivity index (χ2v) is 5.21. The number of nitrogens with two attached hydrogens (primary N) is 1. The molecular formula is C13H18FN3O2. The van der Waals surface area contributed by atoms with Crippen molar-refractivity contribution in [3.05, 3.63) is 29.6 Å². The number of nitrogens with one attached hydrogen (secondary N) is 2. The van der Waals surface area contributed by atoms with Crippen molar-refractivity contribution in [1.82, 2.24) is 5.32 Å². The minimum absolute atomic E-state index is 0.0454. The van der Waals surface area contributed by atoms with Crippen molar-refractivity contribution in [3.8, 4) is 0 Å². The van der Waals surface area contributed by atoms with Gasteiger partial charge in [-0.3, -0.25) is 9.59 Å². The molecule has 104 valence electrons. The van der Waals surface area contributed by atoms with Crippen molar-refractivity contribution in [2.45, 2.75) is 26.3 Å². The summed E-state index contributed by atoms with van der Waals surface area (Å²) in [5.74, 6) is -1.69. The third-order valence-corrected chi connectivity index (χ3v) is 2.30. The molecule has 0 saturated carbocycles. The summed E-state index contributed by atoms with van der Waals surface area (Å²) >= 11 is 0. The molecule has 0 unspecified atom stereocenters. The third kappa shape index (κ3) is 5.05. The molecule has 6 heteroatoms. The normalized spacial score (nSPS) is 11.2. The largest absolute Gasteiger partial charge is 0.366 e. The molecule has 0 aliphatic heterocycles. The van der Waals surface area contributed by atoms with Gasteiger partial charge in [-0.1, -0.05) is 0 Å². The van der Waals surface area contributed by atoms with Crippen LogP contribution in [0.5, 0.6) is 0 Å². The number of benzene rings is 1. The predicted octanol–water partition coefficient (Wildman–Crippen LogP) is 1.25. The first-order chi connectivity index (χ1) is 8.69. The highest BCUT2D eigenvalue weighted by Crippen LogP contribution is 2.15. The van der Waals surface area contributed by atoms with Gasteiger partial charge in [0.25, 0.3) is 0 Å². The number of anilines is 1. The van der Waals surface area contributed by atoms with Crippen molar-refractivity contribution in [2.75, 3.05) is 11.9 Å². The first kappa shape index (κ1) is 15.1. The Balaban J connectivity index is 2.73. The van der Waals surface area contributed by atoms with Crippen molar-refractivity contribution in [1.29, 1.82) is 0 Å². The molecule has 0 atom stereocenters. The second kappa shape index (κ2) is 5.79. The van der Waals surface area contributed by atoms with Gasteiger partial charge >= 0.3 is 0 Å². The zero-order valence-electron chi connectivity index (χ0n) is 11.2. The number of hydrogen-bond donors (Lipinski definition) is 3. The van der Waals surface area contributed by atoms with Crippen molar-refractivity contribution in [2.24, 2.45) is 5.73 Å². The van der Waals surface area contributed by atoms with Crippen LogP contribution in [0, 0.1) is 5.82 Å². The fraction of sp³-hybridized carbons (Fsp3) is 0.385. The van der Waals surface area contributed by atoms with Gasteiger partial charge in [0, 0.05) is 11.1 Å². The van der Waals surface area contributed by atoms with E-state index in [0.29, 0.717) is 0 Å². The molecule has 1 aromatic carbocycles. The van der Waals surface area contributed by atoms with Crippen LogP contribution in [0.2, 0.25) is 0 Å². The summed E-state index contributed by atoms with van der Waals surface area (Å²) in [5, 5.41) is 5.37. The smallest absolute Gasteiger partial charge is 0.248 e. The van der Waals surface area contributed by atoms with Gasteiger partial charge in [0.05, 0.1) is 12.2 Å². The highest BCUT2D eigenvalue weighted by Gasteiger charge is 2.13. The van der Waals surface area contributed by atoms with E-state index in [0.717, 1.165) is 6.07 Å². The molecule has 0 fully saturated rings. The molecule has 0 heterocycles. The first-order valence-electron chi connectivity index (χ1n) is 5.83. The van der Waals surface area contributed by atoms with Gasteiger partial charge in [-0.25, -0.2) is 4.39 Å². The quantitative estimate of drug-likeness (QED) is 0.767. The van der Waals surface area contributed by atoms with Gasteiger partial charge in [0.2, 0.25) is 11.8 Å². The van der Waals surface area contributed by atoms with Crippen LogP contribution in [0.25, 0.3) is 0 Å². The van der Waals surface area contributed by atoms with Crippen LogP contribution in [0.15, 0.2) is 18.2 Å². The number of primary amides is 1. The van der Waals surface area contributed by atoms with Crippen LogP contribution in [-0.2, 0) is 4.79 Å². The van der Waals surface area contributed by atoms with Gasteiger partial charge in [-0.2, -0.15) is 0 Å². The molecule has 5 nitrogen and oxygen atoms in total. The molecule has 0 saturated heterocycles. The predicted molar refractivity (Wildman–Crippen MR) is 71.3 cm³/mol. The lowest BCUT2D eigenvalue weighted by Crippen LogP contribution is -2.41. The monoisotopic (exact) mass is 267 g/mol.